The molecule has 2 aliphatic heterocycles. The van der Waals surface area contributed by atoms with Crippen molar-refractivity contribution < 1.29 is 17.9 Å². The fourth-order valence-corrected chi connectivity index (χ4v) is 5.71. The summed E-state index contributed by atoms with van der Waals surface area (Å²) in [4.78, 5) is 12.8. The Hall–Kier alpha value is -1.12. The number of hydrogen-bond donors (Lipinski definition) is 1. The fourth-order valence-electron chi connectivity index (χ4n) is 3.66. The van der Waals surface area contributed by atoms with E-state index < -0.39 is 10.0 Å². The van der Waals surface area contributed by atoms with Gasteiger partial charge in [-0.2, -0.15) is 0 Å². The topological polar surface area (TPSA) is 75.7 Å². The van der Waals surface area contributed by atoms with Gasteiger partial charge in [0.05, 0.1) is 18.4 Å². The lowest BCUT2D eigenvalue weighted by Gasteiger charge is -2.32. The van der Waals surface area contributed by atoms with Crippen LogP contribution >= 0.6 is 15.9 Å². The van der Waals surface area contributed by atoms with Crippen LogP contribution in [0.4, 0.5) is 0 Å². The first-order chi connectivity index (χ1) is 12.9. The largest absolute Gasteiger partial charge is 0.493 e. The average molecular weight is 459 g/mol. The van der Waals surface area contributed by atoms with E-state index in [1.807, 2.05) is 25.1 Å². The second-order valence-corrected chi connectivity index (χ2v) is 10.2. The molecular formula is C19H27BrN2O4S. The number of piperidine rings is 1. The summed E-state index contributed by atoms with van der Waals surface area (Å²) in [7, 11) is -3.19. The number of sulfonamides is 1. The van der Waals surface area contributed by atoms with Crippen molar-refractivity contribution in [1.29, 1.82) is 0 Å². The maximum absolute atomic E-state index is 12.8. The zero-order valence-corrected chi connectivity index (χ0v) is 18.0. The predicted molar refractivity (Wildman–Crippen MR) is 108 cm³/mol. The van der Waals surface area contributed by atoms with E-state index in [1.54, 1.807) is 4.31 Å². The monoisotopic (exact) mass is 458 g/mol. The van der Waals surface area contributed by atoms with Gasteiger partial charge >= 0.3 is 0 Å². The number of carbonyl (C=O) groups excluding carboxylic acids is 1. The molecule has 1 aromatic carbocycles. The molecule has 0 aliphatic carbocycles. The number of benzene rings is 1. The van der Waals surface area contributed by atoms with Gasteiger partial charge < -0.3 is 10.1 Å². The van der Waals surface area contributed by atoms with Gasteiger partial charge in [-0.05, 0) is 37.5 Å². The average Bonchev–Trinajstić information content (AvgIpc) is 2.67. The van der Waals surface area contributed by atoms with Gasteiger partial charge in [-0.1, -0.05) is 29.3 Å². The van der Waals surface area contributed by atoms with Crippen molar-refractivity contribution in [3.63, 3.8) is 0 Å². The number of amides is 1. The summed E-state index contributed by atoms with van der Waals surface area (Å²) in [6.07, 6.45) is 3.43. The van der Waals surface area contributed by atoms with Crippen molar-refractivity contribution in [2.45, 2.75) is 45.1 Å². The summed E-state index contributed by atoms with van der Waals surface area (Å²) in [5.74, 6) is 0.889. The third-order valence-electron chi connectivity index (χ3n) is 5.30. The lowest BCUT2D eigenvalue weighted by Crippen LogP contribution is -2.44. The Kier molecular flexibility index (Phi) is 6.81. The maximum Gasteiger partial charge on any atom is 0.223 e. The normalized spacial score (nSPS) is 21.3. The standard InChI is InChI=1S/C19H27BrN2O4S/c1-2-3-12-27(24,25)22-9-6-14(7-10-22)19(23)21-17-8-11-26-18-5-4-15(20)13-16(17)18/h4-5,13-14,17H,2-3,6-12H2,1H3,(H,21,23). The molecule has 1 unspecified atom stereocenters. The highest BCUT2D eigenvalue weighted by Crippen LogP contribution is 2.34. The molecule has 1 N–H and O–H groups in total. The molecule has 1 aromatic rings. The molecule has 1 fully saturated rings. The molecule has 6 nitrogen and oxygen atoms in total. The molecule has 2 aliphatic rings. The smallest absolute Gasteiger partial charge is 0.223 e. The van der Waals surface area contributed by atoms with Crippen LogP contribution in [-0.2, 0) is 14.8 Å². The van der Waals surface area contributed by atoms with Crippen molar-refractivity contribution in [3.8, 4) is 5.75 Å². The number of unbranched alkanes of at least 4 members (excludes halogenated alkanes) is 1. The summed E-state index contributed by atoms with van der Waals surface area (Å²) in [5, 5.41) is 3.15. The van der Waals surface area contributed by atoms with E-state index in [4.69, 9.17) is 4.74 Å². The minimum Gasteiger partial charge on any atom is -0.493 e. The molecule has 8 heteroatoms. The number of nitrogens with one attached hydrogen (secondary N) is 1. The number of carbonyl (C=O) groups is 1. The summed E-state index contributed by atoms with van der Waals surface area (Å²) in [6.45, 7) is 3.42. The Morgan fingerprint density at radius 3 is 2.74 bits per heavy atom. The first-order valence-electron chi connectivity index (χ1n) is 9.61. The Labute approximate surface area is 169 Å². The van der Waals surface area contributed by atoms with E-state index in [-0.39, 0.29) is 23.6 Å². The van der Waals surface area contributed by atoms with Gasteiger partial charge in [0.15, 0.2) is 0 Å². The van der Waals surface area contributed by atoms with Gasteiger partial charge in [0.2, 0.25) is 15.9 Å². The molecule has 0 aromatic heterocycles. The van der Waals surface area contributed by atoms with Crippen molar-refractivity contribution in [3.05, 3.63) is 28.2 Å². The van der Waals surface area contributed by atoms with Gasteiger partial charge in [0, 0.05) is 35.5 Å². The van der Waals surface area contributed by atoms with E-state index >= 15 is 0 Å². The van der Waals surface area contributed by atoms with Gasteiger partial charge in [0.25, 0.3) is 0 Å². The second kappa shape index (κ2) is 8.92. The molecule has 0 spiro atoms. The molecule has 1 amide bonds. The van der Waals surface area contributed by atoms with Crippen LogP contribution in [0.5, 0.6) is 5.75 Å². The molecule has 0 bridgehead atoms. The zero-order chi connectivity index (χ0) is 19.4. The minimum absolute atomic E-state index is 0.0124. The van der Waals surface area contributed by atoms with Crippen LogP contribution in [0.1, 0.15) is 50.6 Å². The first-order valence-corrected chi connectivity index (χ1v) is 12.0. The Morgan fingerprint density at radius 1 is 1.30 bits per heavy atom. The molecule has 27 heavy (non-hydrogen) atoms. The molecule has 1 saturated heterocycles. The van der Waals surface area contributed by atoms with Gasteiger partial charge in [-0.3, -0.25) is 4.79 Å². The summed E-state index contributed by atoms with van der Waals surface area (Å²) < 4.78 is 32.8. The van der Waals surface area contributed by atoms with Gasteiger partial charge in [-0.15, -0.1) is 0 Å². The third-order valence-corrected chi connectivity index (χ3v) is 7.75. The Balaban J connectivity index is 1.57. The number of fused-ring (bicyclic) bond motifs is 1. The molecule has 3 rings (SSSR count). The Morgan fingerprint density at radius 2 is 2.04 bits per heavy atom. The predicted octanol–water partition coefficient (Wildman–Crippen LogP) is 3.23. The van der Waals surface area contributed by atoms with Crippen LogP contribution in [0.2, 0.25) is 0 Å². The summed E-state index contributed by atoms with van der Waals surface area (Å²) in [6, 6.07) is 5.77. The van der Waals surface area contributed by atoms with Crippen LogP contribution < -0.4 is 10.1 Å². The van der Waals surface area contributed by atoms with E-state index in [0.29, 0.717) is 39.0 Å². The quantitative estimate of drug-likeness (QED) is 0.709. The number of rotatable bonds is 6. The molecule has 150 valence electrons. The summed E-state index contributed by atoms with van der Waals surface area (Å²) >= 11 is 3.47. The van der Waals surface area contributed by atoms with Gasteiger partial charge in [0.1, 0.15) is 5.75 Å². The maximum atomic E-state index is 12.8. The molecule has 2 heterocycles. The van der Waals surface area contributed by atoms with Crippen LogP contribution in [-0.4, -0.2) is 44.1 Å². The zero-order valence-electron chi connectivity index (χ0n) is 15.6. The second-order valence-electron chi connectivity index (χ2n) is 7.22. The van der Waals surface area contributed by atoms with Crippen LogP contribution in [0, 0.1) is 5.92 Å². The highest BCUT2D eigenvalue weighted by molar-refractivity contribution is 9.10. The van der Waals surface area contributed by atoms with E-state index in [9.17, 15) is 13.2 Å². The highest BCUT2D eigenvalue weighted by atomic mass is 79.9. The SMILES string of the molecule is CCCCS(=O)(=O)N1CCC(C(=O)NC2CCOc3ccc(Br)cc32)CC1. The van der Waals surface area contributed by atoms with Crippen molar-refractivity contribution in [2.24, 2.45) is 5.92 Å². The van der Waals surface area contributed by atoms with E-state index in [2.05, 4.69) is 21.2 Å². The van der Waals surface area contributed by atoms with Crippen LogP contribution in [0.15, 0.2) is 22.7 Å². The minimum atomic E-state index is -3.19. The van der Waals surface area contributed by atoms with Crippen molar-refractivity contribution in [1.82, 2.24) is 9.62 Å². The lowest BCUT2D eigenvalue weighted by molar-refractivity contribution is -0.127. The van der Waals surface area contributed by atoms with Crippen LogP contribution in [0.3, 0.4) is 0 Å². The van der Waals surface area contributed by atoms with E-state index in [1.165, 1.54) is 0 Å². The fraction of sp³-hybridized carbons (Fsp3) is 0.632. The molecular weight excluding hydrogens is 432 g/mol. The number of halogens is 1. The van der Waals surface area contributed by atoms with Crippen LogP contribution in [0.25, 0.3) is 0 Å². The number of ether oxygens (including phenoxy) is 1. The Bertz CT molecular complexity index is 776. The van der Waals surface area contributed by atoms with Crippen molar-refractivity contribution in [2.75, 3.05) is 25.4 Å². The lowest BCUT2D eigenvalue weighted by atomic mass is 9.95. The van der Waals surface area contributed by atoms with Crippen molar-refractivity contribution >= 4 is 31.9 Å². The summed E-state index contributed by atoms with van der Waals surface area (Å²) in [5.41, 5.74) is 0.989. The number of hydrogen-bond acceptors (Lipinski definition) is 4. The third kappa shape index (κ3) is 5.03. The van der Waals surface area contributed by atoms with E-state index in [0.717, 1.165) is 28.6 Å². The molecule has 1 atom stereocenters. The first kappa shape index (κ1) is 20.6. The molecule has 0 saturated carbocycles. The molecule has 0 radical (unpaired) electrons. The highest BCUT2D eigenvalue weighted by Gasteiger charge is 2.32. The van der Waals surface area contributed by atoms with Gasteiger partial charge in [-0.25, -0.2) is 12.7 Å². The number of nitrogens with zero attached hydrogens (tertiary/aromatic N) is 1.